The standard InChI is InChI=1S/C17H24ClN5O3S/c1-12(2)16-10-14(26-23-16)11-21-17(19-3)20-7-8-22-27(24,25)15-6-4-5-13(18)9-15/h4-6,9-10,12,22H,7-8,11H2,1-3H3,(H2,19,20,21). The molecule has 0 spiro atoms. The average Bonchev–Trinajstić information content (AvgIpc) is 3.10. The molecule has 1 aromatic heterocycles. The Balaban J connectivity index is 1.77. The van der Waals surface area contributed by atoms with Crippen LogP contribution in [0, 0.1) is 0 Å². The molecule has 2 rings (SSSR count). The van der Waals surface area contributed by atoms with Crippen molar-refractivity contribution in [2.24, 2.45) is 4.99 Å². The highest BCUT2D eigenvalue weighted by atomic mass is 35.5. The minimum absolute atomic E-state index is 0.129. The molecule has 2 aromatic rings. The van der Waals surface area contributed by atoms with Gasteiger partial charge in [0.25, 0.3) is 0 Å². The number of nitrogens with zero attached hydrogens (tertiary/aromatic N) is 2. The second kappa shape index (κ2) is 9.72. The maximum Gasteiger partial charge on any atom is 0.240 e. The van der Waals surface area contributed by atoms with E-state index in [2.05, 4.69) is 25.5 Å². The van der Waals surface area contributed by atoms with Crippen molar-refractivity contribution in [3.63, 3.8) is 0 Å². The van der Waals surface area contributed by atoms with E-state index in [0.29, 0.717) is 35.7 Å². The van der Waals surface area contributed by atoms with E-state index in [1.165, 1.54) is 12.1 Å². The van der Waals surface area contributed by atoms with Gasteiger partial charge in [0.2, 0.25) is 10.0 Å². The molecule has 27 heavy (non-hydrogen) atoms. The van der Waals surface area contributed by atoms with E-state index in [-0.39, 0.29) is 11.4 Å². The molecule has 0 radical (unpaired) electrons. The number of benzene rings is 1. The topological polar surface area (TPSA) is 109 Å². The predicted molar refractivity (Wildman–Crippen MR) is 105 cm³/mol. The van der Waals surface area contributed by atoms with Crippen LogP contribution >= 0.6 is 11.6 Å². The number of hydrogen-bond donors (Lipinski definition) is 3. The molecular weight excluding hydrogens is 390 g/mol. The van der Waals surface area contributed by atoms with Crippen molar-refractivity contribution in [1.82, 2.24) is 20.5 Å². The van der Waals surface area contributed by atoms with Crippen LogP contribution in [0.2, 0.25) is 5.02 Å². The van der Waals surface area contributed by atoms with Gasteiger partial charge in [-0.15, -0.1) is 0 Å². The Morgan fingerprint density at radius 3 is 2.67 bits per heavy atom. The number of nitrogens with one attached hydrogen (secondary N) is 3. The monoisotopic (exact) mass is 413 g/mol. The summed E-state index contributed by atoms with van der Waals surface area (Å²) >= 11 is 5.84. The predicted octanol–water partition coefficient (Wildman–Crippen LogP) is 2.09. The number of halogens is 1. The summed E-state index contributed by atoms with van der Waals surface area (Å²) in [5, 5.41) is 10.5. The zero-order chi connectivity index (χ0) is 19.9. The molecule has 0 fully saturated rings. The Morgan fingerprint density at radius 1 is 1.26 bits per heavy atom. The van der Waals surface area contributed by atoms with E-state index in [1.807, 2.05) is 19.9 Å². The van der Waals surface area contributed by atoms with Crippen molar-refractivity contribution in [3.05, 3.63) is 46.8 Å². The minimum Gasteiger partial charge on any atom is -0.359 e. The van der Waals surface area contributed by atoms with E-state index < -0.39 is 10.0 Å². The van der Waals surface area contributed by atoms with Crippen molar-refractivity contribution in [2.45, 2.75) is 31.2 Å². The third-order valence-corrected chi connectivity index (χ3v) is 5.33. The lowest BCUT2D eigenvalue weighted by atomic mass is 10.1. The average molecular weight is 414 g/mol. The Bertz CT molecular complexity index is 880. The highest BCUT2D eigenvalue weighted by molar-refractivity contribution is 7.89. The van der Waals surface area contributed by atoms with Crippen molar-refractivity contribution < 1.29 is 12.9 Å². The molecule has 1 aromatic carbocycles. The van der Waals surface area contributed by atoms with Gasteiger partial charge in [0.05, 0.1) is 17.1 Å². The fourth-order valence-electron chi connectivity index (χ4n) is 2.16. The molecule has 0 aliphatic heterocycles. The molecule has 0 aliphatic carbocycles. The minimum atomic E-state index is -3.61. The smallest absolute Gasteiger partial charge is 0.240 e. The van der Waals surface area contributed by atoms with E-state index in [9.17, 15) is 8.42 Å². The highest BCUT2D eigenvalue weighted by Gasteiger charge is 2.13. The summed E-state index contributed by atoms with van der Waals surface area (Å²) in [7, 11) is -1.98. The van der Waals surface area contributed by atoms with Gasteiger partial charge in [0.1, 0.15) is 0 Å². The molecule has 8 nitrogen and oxygen atoms in total. The molecule has 3 N–H and O–H groups in total. The molecule has 0 amide bonds. The van der Waals surface area contributed by atoms with Crippen LogP contribution in [-0.4, -0.2) is 39.7 Å². The van der Waals surface area contributed by atoms with Gasteiger partial charge in [0, 0.05) is 31.2 Å². The van der Waals surface area contributed by atoms with Crippen LogP contribution in [0.3, 0.4) is 0 Å². The fraction of sp³-hybridized carbons (Fsp3) is 0.412. The summed E-state index contributed by atoms with van der Waals surface area (Å²) < 4.78 is 32.2. The van der Waals surface area contributed by atoms with Crippen LogP contribution in [0.5, 0.6) is 0 Å². The second-order valence-corrected chi connectivity index (χ2v) is 8.28. The molecule has 0 unspecified atom stereocenters. The van der Waals surface area contributed by atoms with Gasteiger partial charge in [0.15, 0.2) is 11.7 Å². The first-order chi connectivity index (χ1) is 12.8. The van der Waals surface area contributed by atoms with Gasteiger partial charge in [-0.05, 0) is 24.1 Å². The van der Waals surface area contributed by atoms with Crippen LogP contribution in [0.1, 0.15) is 31.2 Å². The maximum absolute atomic E-state index is 12.2. The van der Waals surface area contributed by atoms with Gasteiger partial charge >= 0.3 is 0 Å². The normalized spacial score (nSPS) is 12.4. The summed E-state index contributed by atoms with van der Waals surface area (Å²) in [6.45, 7) is 5.05. The highest BCUT2D eigenvalue weighted by Crippen LogP contribution is 2.15. The van der Waals surface area contributed by atoms with Crippen LogP contribution in [0.25, 0.3) is 0 Å². The third kappa shape index (κ3) is 6.53. The lowest BCUT2D eigenvalue weighted by molar-refractivity contribution is 0.372. The van der Waals surface area contributed by atoms with Crippen LogP contribution in [-0.2, 0) is 16.6 Å². The van der Waals surface area contributed by atoms with E-state index in [1.54, 1.807) is 19.2 Å². The van der Waals surface area contributed by atoms with E-state index in [0.717, 1.165) is 5.69 Å². The Kier molecular flexibility index (Phi) is 7.64. The Morgan fingerprint density at radius 2 is 2.04 bits per heavy atom. The molecular formula is C17H24ClN5O3S. The van der Waals surface area contributed by atoms with Crippen LogP contribution in [0.4, 0.5) is 0 Å². The van der Waals surface area contributed by atoms with Crippen molar-refractivity contribution in [1.29, 1.82) is 0 Å². The van der Waals surface area contributed by atoms with Crippen molar-refractivity contribution in [3.8, 4) is 0 Å². The number of aromatic nitrogens is 1. The molecule has 10 heteroatoms. The molecule has 0 aliphatic rings. The molecule has 0 saturated heterocycles. The summed E-state index contributed by atoms with van der Waals surface area (Å²) in [5.41, 5.74) is 0.894. The molecule has 1 heterocycles. The first-order valence-electron chi connectivity index (χ1n) is 8.47. The maximum atomic E-state index is 12.2. The number of hydrogen-bond acceptors (Lipinski definition) is 5. The first-order valence-corrected chi connectivity index (χ1v) is 10.3. The zero-order valence-corrected chi connectivity index (χ0v) is 17.1. The number of aliphatic imine (C=N–C) groups is 1. The van der Waals surface area contributed by atoms with Gasteiger partial charge < -0.3 is 15.2 Å². The number of sulfonamides is 1. The Hall–Kier alpha value is -2.10. The lowest BCUT2D eigenvalue weighted by Gasteiger charge is -2.11. The largest absolute Gasteiger partial charge is 0.359 e. The van der Waals surface area contributed by atoms with Gasteiger partial charge in [-0.3, -0.25) is 4.99 Å². The van der Waals surface area contributed by atoms with E-state index in [4.69, 9.17) is 16.1 Å². The Labute approximate surface area is 164 Å². The van der Waals surface area contributed by atoms with Crippen molar-refractivity contribution >= 4 is 27.6 Å². The molecule has 0 bridgehead atoms. The quantitative estimate of drug-likeness (QED) is 0.347. The van der Waals surface area contributed by atoms with Gasteiger partial charge in [-0.25, -0.2) is 13.1 Å². The lowest BCUT2D eigenvalue weighted by Crippen LogP contribution is -2.41. The summed E-state index contributed by atoms with van der Waals surface area (Å²) in [4.78, 5) is 4.21. The second-order valence-electron chi connectivity index (χ2n) is 6.08. The SMILES string of the molecule is CN=C(NCCNS(=O)(=O)c1cccc(Cl)c1)NCc1cc(C(C)C)no1. The fourth-order valence-corrected chi connectivity index (χ4v) is 3.49. The first kappa shape index (κ1) is 21.2. The summed E-state index contributed by atoms with van der Waals surface area (Å²) in [6.07, 6.45) is 0. The zero-order valence-electron chi connectivity index (χ0n) is 15.5. The summed E-state index contributed by atoms with van der Waals surface area (Å²) in [5.74, 6) is 1.52. The van der Waals surface area contributed by atoms with Crippen LogP contribution < -0.4 is 15.4 Å². The third-order valence-electron chi connectivity index (χ3n) is 3.64. The molecule has 148 valence electrons. The van der Waals surface area contributed by atoms with Gasteiger partial charge in [-0.1, -0.05) is 36.7 Å². The number of guanidine groups is 1. The van der Waals surface area contributed by atoms with Crippen molar-refractivity contribution in [2.75, 3.05) is 20.1 Å². The molecule has 0 atom stereocenters. The van der Waals surface area contributed by atoms with E-state index >= 15 is 0 Å². The molecule has 0 saturated carbocycles. The summed E-state index contributed by atoms with van der Waals surface area (Å²) in [6, 6.07) is 8.00. The van der Waals surface area contributed by atoms with Crippen LogP contribution in [0.15, 0.2) is 44.7 Å². The number of rotatable bonds is 8. The van der Waals surface area contributed by atoms with Gasteiger partial charge in [-0.2, -0.15) is 0 Å².